The zero-order chi connectivity index (χ0) is 15.7. The van der Waals surface area contributed by atoms with E-state index in [4.69, 9.17) is 11.6 Å². The normalized spacial score (nSPS) is 10.9. The second kappa shape index (κ2) is 5.73. The molecule has 22 heavy (non-hydrogen) atoms. The van der Waals surface area contributed by atoms with Crippen molar-refractivity contribution in [3.05, 3.63) is 52.3 Å². The van der Waals surface area contributed by atoms with Gasteiger partial charge in [-0.15, -0.1) is 5.10 Å². The molecule has 0 saturated heterocycles. The van der Waals surface area contributed by atoms with Gasteiger partial charge in [0, 0.05) is 16.4 Å². The Bertz CT molecular complexity index is 841. The number of amides is 1. The number of rotatable bonds is 3. The number of hydrogen-bond donors (Lipinski definition) is 1. The zero-order valence-electron chi connectivity index (χ0n) is 12.2. The Hall–Kier alpha value is -2.47. The van der Waals surface area contributed by atoms with Gasteiger partial charge in [-0.3, -0.25) is 10.1 Å². The van der Waals surface area contributed by atoms with Crippen molar-refractivity contribution in [1.29, 1.82) is 0 Å². The smallest absolute Gasteiger partial charge is 0.254 e. The maximum absolute atomic E-state index is 12.0. The molecule has 3 aromatic rings. The highest BCUT2D eigenvalue weighted by molar-refractivity contribution is 6.30. The molecule has 0 aliphatic carbocycles. The van der Waals surface area contributed by atoms with Gasteiger partial charge in [-0.05, 0) is 37.6 Å². The van der Waals surface area contributed by atoms with Gasteiger partial charge in [0.2, 0.25) is 5.91 Å². The number of carbonyl (C=O) groups is 1. The highest BCUT2D eigenvalue weighted by Crippen LogP contribution is 2.11. The van der Waals surface area contributed by atoms with Crippen LogP contribution in [0.25, 0.3) is 5.78 Å². The molecule has 0 fully saturated rings. The number of benzene rings is 1. The average molecular weight is 316 g/mol. The molecule has 0 radical (unpaired) electrons. The standard InChI is InChI=1S/C15H14ClN5O/c1-9-7-10(2)21-15(17-9)19-14(20-21)18-13(22)8-11-3-5-12(16)6-4-11/h3-7H,8H2,1-2H3,(H,18,20,22). The molecule has 0 spiro atoms. The summed E-state index contributed by atoms with van der Waals surface area (Å²) in [6, 6.07) is 9.04. The van der Waals surface area contributed by atoms with Crippen LogP contribution in [-0.4, -0.2) is 25.5 Å². The van der Waals surface area contributed by atoms with Crippen LogP contribution in [-0.2, 0) is 11.2 Å². The number of aromatic nitrogens is 4. The Labute approximate surface area is 132 Å². The van der Waals surface area contributed by atoms with E-state index in [0.717, 1.165) is 17.0 Å². The summed E-state index contributed by atoms with van der Waals surface area (Å²) in [6.07, 6.45) is 0.234. The Morgan fingerprint density at radius 2 is 1.95 bits per heavy atom. The number of anilines is 1. The van der Waals surface area contributed by atoms with Gasteiger partial charge in [-0.25, -0.2) is 4.98 Å². The third-order valence-electron chi connectivity index (χ3n) is 3.15. The SMILES string of the molecule is Cc1cc(C)n2nc(NC(=O)Cc3ccc(Cl)cc3)nc2n1. The summed E-state index contributed by atoms with van der Waals surface area (Å²) in [7, 11) is 0. The molecule has 0 bridgehead atoms. The van der Waals surface area contributed by atoms with E-state index < -0.39 is 0 Å². The molecular formula is C15H14ClN5O. The van der Waals surface area contributed by atoms with E-state index in [-0.39, 0.29) is 18.3 Å². The van der Waals surface area contributed by atoms with Crippen LogP contribution < -0.4 is 5.32 Å². The second-order valence-corrected chi connectivity index (χ2v) is 5.47. The topological polar surface area (TPSA) is 72.2 Å². The fourth-order valence-corrected chi connectivity index (χ4v) is 2.30. The van der Waals surface area contributed by atoms with Crippen molar-refractivity contribution in [1.82, 2.24) is 19.6 Å². The second-order valence-electron chi connectivity index (χ2n) is 5.04. The fraction of sp³-hybridized carbons (Fsp3) is 0.200. The lowest BCUT2D eigenvalue weighted by Crippen LogP contribution is -2.15. The highest BCUT2D eigenvalue weighted by atomic mass is 35.5. The van der Waals surface area contributed by atoms with Crippen LogP contribution in [0.2, 0.25) is 5.02 Å². The van der Waals surface area contributed by atoms with E-state index in [0.29, 0.717) is 10.8 Å². The van der Waals surface area contributed by atoms with Gasteiger partial charge < -0.3 is 0 Å². The summed E-state index contributed by atoms with van der Waals surface area (Å²) in [5.41, 5.74) is 2.64. The van der Waals surface area contributed by atoms with Gasteiger partial charge in [0.25, 0.3) is 11.7 Å². The van der Waals surface area contributed by atoms with Crippen molar-refractivity contribution in [2.45, 2.75) is 20.3 Å². The minimum Gasteiger partial charge on any atom is -0.293 e. The van der Waals surface area contributed by atoms with Crippen LogP contribution in [0.5, 0.6) is 0 Å². The number of nitrogens with one attached hydrogen (secondary N) is 1. The Balaban J connectivity index is 1.76. The van der Waals surface area contributed by atoms with E-state index in [2.05, 4.69) is 20.4 Å². The molecule has 2 aromatic heterocycles. The summed E-state index contributed by atoms with van der Waals surface area (Å²) in [5, 5.41) is 7.57. The number of carbonyl (C=O) groups excluding carboxylic acids is 1. The number of fused-ring (bicyclic) bond motifs is 1. The number of halogens is 1. The van der Waals surface area contributed by atoms with Crippen LogP contribution in [0, 0.1) is 13.8 Å². The lowest BCUT2D eigenvalue weighted by molar-refractivity contribution is -0.115. The van der Waals surface area contributed by atoms with E-state index in [1.54, 1.807) is 16.6 Å². The van der Waals surface area contributed by atoms with Crippen LogP contribution in [0.4, 0.5) is 5.95 Å². The Morgan fingerprint density at radius 1 is 1.23 bits per heavy atom. The van der Waals surface area contributed by atoms with Crippen molar-refractivity contribution in [3.63, 3.8) is 0 Å². The molecule has 0 unspecified atom stereocenters. The summed E-state index contributed by atoms with van der Waals surface area (Å²) >= 11 is 5.82. The van der Waals surface area contributed by atoms with Crippen molar-refractivity contribution >= 4 is 29.2 Å². The molecule has 2 heterocycles. The molecule has 0 aliphatic rings. The first kappa shape index (κ1) is 14.5. The van der Waals surface area contributed by atoms with Crippen molar-refractivity contribution in [2.24, 2.45) is 0 Å². The molecule has 1 aromatic carbocycles. The van der Waals surface area contributed by atoms with Gasteiger partial charge in [0.15, 0.2) is 0 Å². The van der Waals surface area contributed by atoms with Crippen LogP contribution >= 0.6 is 11.6 Å². The molecule has 1 amide bonds. The van der Waals surface area contributed by atoms with E-state index in [9.17, 15) is 4.79 Å². The maximum atomic E-state index is 12.0. The summed E-state index contributed by atoms with van der Waals surface area (Å²) in [6.45, 7) is 3.80. The van der Waals surface area contributed by atoms with Crippen molar-refractivity contribution in [2.75, 3.05) is 5.32 Å². The molecule has 6 nitrogen and oxygen atoms in total. The van der Waals surface area contributed by atoms with Crippen molar-refractivity contribution in [3.8, 4) is 0 Å². The third kappa shape index (κ3) is 3.07. The van der Waals surface area contributed by atoms with E-state index in [1.165, 1.54) is 0 Å². The number of hydrogen-bond acceptors (Lipinski definition) is 4. The van der Waals surface area contributed by atoms with Gasteiger partial charge in [0.1, 0.15) is 0 Å². The van der Waals surface area contributed by atoms with Gasteiger partial charge >= 0.3 is 0 Å². The first-order chi connectivity index (χ1) is 10.5. The molecule has 0 aliphatic heterocycles. The molecular weight excluding hydrogens is 302 g/mol. The van der Waals surface area contributed by atoms with Crippen molar-refractivity contribution < 1.29 is 4.79 Å². The fourth-order valence-electron chi connectivity index (χ4n) is 2.18. The van der Waals surface area contributed by atoms with Gasteiger partial charge in [-0.2, -0.15) is 9.50 Å². The minimum absolute atomic E-state index is 0.187. The van der Waals surface area contributed by atoms with Gasteiger partial charge in [-0.1, -0.05) is 23.7 Å². The lowest BCUT2D eigenvalue weighted by Gasteiger charge is -2.01. The van der Waals surface area contributed by atoms with Crippen LogP contribution in [0.1, 0.15) is 17.0 Å². The Kier molecular flexibility index (Phi) is 3.77. The van der Waals surface area contributed by atoms with E-state index in [1.807, 2.05) is 32.0 Å². The molecule has 0 saturated carbocycles. The summed E-state index contributed by atoms with van der Waals surface area (Å²) in [4.78, 5) is 20.5. The quantitative estimate of drug-likeness (QED) is 0.806. The zero-order valence-corrected chi connectivity index (χ0v) is 12.9. The third-order valence-corrected chi connectivity index (χ3v) is 3.40. The molecule has 112 valence electrons. The predicted octanol–water partition coefficient (Wildman–Crippen LogP) is 2.58. The maximum Gasteiger partial charge on any atom is 0.254 e. The minimum atomic E-state index is -0.187. The molecule has 0 atom stereocenters. The largest absolute Gasteiger partial charge is 0.293 e. The summed E-state index contributed by atoms with van der Waals surface area (Å²) in [5.74, 6) is 0.534. The van der Waals surface area contributed by atoms with E-state index >= 15 is 0 Å². The highest BCUT2D eigenvalue weighted by Gasteiger charge is 2.11. The number of nitrogens with zero attached hydrogens (tertiary/aromatic N) is 4. The summed E-state index contributed by atoms with van der Waals surface area (Å²) < 4.78 is 1.60. The average Bonchev–Trinajstić information content (AvgIpc) is 2.84. The Morgan fingerprint density at radius 3 is 2.68 bits per heavy atom. The first-order valence-corrected chi connectivity index (χ1v) is 7.14. The predicted molar refractivity (Wildman–Crippen MR) is 84.0 cm³/mol. The van der Waals surface area contributed by atoms with Crippen LogP contribution in [0.15, 0.2) is 30.3 Å². The first-order valence-electron chi connectivity index (χ1n) is 6.76. The number of aryl methyl sites for hydroxylation is 2. The molecule has 3 rings (SSSR count). The lowest BCUT2D eigenvalue weighted by atomic mass is 10.1. The van der Waals surface area contributed by atoms with Gasteiger partial charge in [0.05, 0.1) is 6.42 Å². The van der Waals surface area contributed by atoms with Crippen LogP contribution in [0.3, 0.4) is 0 Å². The molecule has 7 heteroatoms. The monoisotopic (exact) mass is 315 g/mol. The molecule has 1 N–H and O–H groups in total.